The summed E-state index contributed by atoms with van der Waals surface area (Å²) in [7, 11) is 0. The summed E-state index contributed by atoms with van der Waals surface area (Å²) in [6.07, 6.45) is 4.40. The van der Waals surface area contributed by atoms with Crippen LogP contribution in [0.1, 0.15) is 5.56 Å². The average Bonchev–Trinajstić information content (AvgIpc) is 2.44. The van der Waals surface area contributed by atoms with E-state index in [9.17, 15) is 0 Å². The Morgan fingerprint density at radius 3 is 3.40 bits per heavy atom. The fraction of sp³-hybridized carbons (Fsp3) is 0. The monoisotopic (exact) mass is 135 g/mol. The first kappa shape index (κ1) is 5.22. The molecule has 0 fully saturated rings. The van der Waals surface area contributed by atoms with Gasteiger partial charge in [0.2, 0.25) is 5.71 Å². The largest absolute Gasteiger partial charge is 0.446 e. The fourth-order valence-electron chi connectivity index (χ4n) is 0.867. The van der Waals surface area contributed by atoms with Crippen molar-refractivity contribution >= 4 is 17.3 Å². The zero-order valence-corrected chi connectivity index (χ0v) is 5.09. The minimum atomic E-state index is 0.624. The van der Waals surface area contributed by atoms with Crippen molar-refractivity contribution < 1.29 is 4.42 Å². The van der Waals surface area contributed by atoms with Gasteiger partial charge in [-0.2, -0.15) is 5.10 Å². The average molecular weight is 135 g/mol. The highest BCUT2D eigenvalue weighted by Gasteiger charge is 2.02. The molecule has 0 aliphatic carbocycles. The number of nitrogens with zero attached hydrogens (tertiary/aromatic N) is 1. The molecule has 0 saturated carbocycles. The molecule has 50 valence electrons. The van der Waals surface area contributed by atoms with Crippen LogP contribution in [0.5, 0.6) is 0 Å². The molecular formula is C6H5N3O. The normalized spacial score (nSPS) is 10.4. The summed E-state index contributed by atoms with van der Waals surface area (Å²) in [5, 5.41) is 14.2. The third-order valence-electron chi connectivity index (χ3n) is 1.37. The van der Waals surface area contributed by atoms with E-state index in [1.54, 1.807) is 6.20 Å². The molecule has 0 atom stereocenters. The predicted octanol–water partition coefficient (Wildman–Crippen LogP) is 1.15. The van der Waals surface area contributed by atoms with Gasteiger partial charge in [-0.3, -0.25) is 0 Å². The minimum absolute atomic E-state index is 0.624. The van der Waals surface area contributed by atoms with Crippen molar-refractivity contribution in [2.24, 2.45) is 0 Å². The molecule has 0 aliphatic heterocycles. The van der Waals surface area contributed by atoms with Gasteiger partial charge < -0.3 is 9.83 Å². The SMILES string of the molecule is N=Cc1coc2[nH]ncc12. The Morgan fingerprint density at radius 1 is 1.70 bits per heavy atom. The third-order valence-corrected chi connectivity index (χ3v) is 1.37. The highest BCUT2D eigenvalue weighted by molar-refractivity contribution is 5.94. The molecule has 0 radical (unpaired) electrons. The maximum absolute atomic E-state index is 6.95. The molecule has 4 nitrogen and oxygen atoms in total. The molecule has 2 rings (SSSR count). The lowest BCUT2D eigenvalue weighted by Crippen LogP contribution is -1.69. The highest BCUT2D eigenvalue weighted by Crippen LogP contribution is 2.15. The number of fused-ring (bicyclic) bond motifs is 1. The standard InChI is InChI=1S/C6H5N3O/c7-1-4-3-10-6-5(4)2-8-9-6/h1-3,7H,(H,8,9). The van der Waals surface area contributed by atoms with E-state index in [1.165, 1.54) is 12.5 Å². The summed E-state index contributed by atoms with van der Waals surface area (Å²) in [5.41, 5.74) is 1.38. The number of hydrogen-bond donors (Lipinski definition) is 2. The molecule has 0 aliphatic rings. The van der Waals surface area contributed by atoms with E-state index in [0.29, 0.717) is 5.71 Å². The van der Waals surface area contributed by atoms with Gasteiger partial charge >= 0.3 is 0 Å². The molecule has 0 saturated heterocycles. The first-order valence-corrected chi connectivity index (χ1v) is 2.83. The van der Waals surface area contributed by atoms with Crippen LogP contribution in [0.25, 0.3) is 11.1 Å². The molecule has 0 unspecified atom stereocenters. The summed E-state index contributed by atoms with van der Waals surface area (Å²) in [4.78, 5) is 0. The van der Waals surface area contributed by atoms with Gasteiger partial charge in [0, 0.05) is 11.8 Å². The maximum atomic E-state index is 6.95. The summed E-state index contributed by atoms with van der Waals surface area (Å²) in [5.74, 6) is 0. The number of nitrogens with one attached hydrogen (secondary N) is 2. The van der Waals surface area contributed by atoms with Gasteiger partial charge in [-0.05, 0) is 0 Å². The molecule has 2 aromatic heterocycles. The fourth-order valence-corrected chi connectivity index (χ4v) is 0.867. The zero-order chi connectivity index (χ0) is 6.97. The van der Waals surface area contributed by atoms with Crippen molar-refractivity contribution in [1.29, 1.82) is 5.41 Å². The van der Waals surface area contributed by atoms with Gasteiger partial charge in [0.25, 0.3) is 0 Å². The minimum Gasteiger partial charge on any atom is -0.446 e. The number of furan rings is 1. The summed E-state index contributed by atoms with van der Waals surface area (Å²) < 4.78 is 5.01. The Kier molecular flexibility index (Phi) is 0.887. The third kappa shape index (κ3) is 0.500. The molecule has 0 bridgehead atoms. The molecule has 4 heteroatoms. The van der Waals surface area contributed by atoms with Gasteiger partial charge in [-0.25, -0.2) is 5.10 Å². The van der Waals surface area contributed by atoms with Crippen LogP contribution < -0.4 is 0 Å². The van der Waals surface area contributed by atoms with E-state index >= 15 is 0 Å². The topological polar surface area (TPSA) is 65.7 Å². The smallest absolute Gasteiger partial charge is 0.222 e. The second-order valence-corrected chi connectivity index (χ2v) is 1.95. The van der Waals surface area contributed by atoms with Gasteiger partial charge in [-0.15, -0.1) is 0 Å². The van der Waals surface area contributed by atoms with E-state index in [1.807, 2.05) is 0 Å². The maximum Gasteiger partial charge on any atom is 0.222 e. The van der Waals surface area contributed by atoms with Crippen molar-refractivity contribution in [3.8, 4) is 0 Å². The van der Waals surface area contributed by atoms with E-state index in [0.717, 1.165) is 10.9 Å². The lowest BCUT2D eigenvalue weighted by atomic mass is 10.3. The van der Waals surface area contributed by atoms with Crippen LogP contribution in [0.3, 0.4) is 0 Å². The van der Waals surface area contributed by atoms with Gasteiger partial charge in [0.15, 0.2) is 0 Å². The van der Waals surface area contributed by atoms with Crippen LogP contribution in [-0.2, 0) is 0 Å². The quantitative estimate of drug-likeness (QED) is 0.576. The number of rotatable bonds is 1. The van der Waals surface area contributed by atoms with E-state index in [-0.39, 0.29) is 0 Å². The van der Waals surface area contributed by atoms with Gasteiger partial charge in [0.05, 0.1) is 11.6 Å². The Morgan fingerprint density at radius 2 is 2.60 bits per heavy atom. The Bertz CT molecular complexity index is 360. The van der Waals surface area contributed by atoms with E-state index in [2.05, 4.69) is 10.2 Å². The summed E-state index contributed by atoms with van der Waals surface area (Å²) >= 11 is 0. The van der Waals surface area contributed by atoms with Crippen LogP contribution in [-0.4, -0.2) is 16.4 Å². The molecular weight excluding hydrogens is 130 g/mol. The van der Waals surface area contributed by atoms with Crippen LogP contribution in [0, 0.1) is 5.41 Å². The van der Waals surface area contributed by atoms with Gasteiger partial charge in [-0.1, -0.05) is 0 Å². The van der Waals surface area contributed by atoms with Crippen molar-refractivity contribution in [3.63, 3.8) is 0 Å². The van der Waals surface area contributed by atoms with Crippen LogP contribution in [0.4, 0.5) is 0 Å². The zero-order valence-electron chi connectivity index (χ0n) is 5.09. The van der Waals surface area contributed by atoms with Crippen LogP contribution in [0.15, 0.2) is 16.9 Å². The number of aromatic nitrogens is 2. The van der Waals surface area contributed by atoms with Crippen molar-refractivity contribution in [2.45, 2.75) is 0 Å². The van der Waals surface area contributed by atoms with Crippen molar-refractivity contribution in [2.75, 3.05) is 0 Å². The first-order valence-electron chi connectivity index (χ1n) is 2.83. The molecule has 2 aromatic rings. The molecule has 0 aromatic carbocycles. The molecule has 2 heterocycles. The van der Waals surface area contributed by atoms with Crippen molar-refractivity contribution in [3.05, 3.63) is 18.0 Å². The lowest BCUT2D eigenvalue weighted by Gasteiger charge is -1.73. The molecule has 0 spiro atoms. The highest BCUT2D eigenvalue weighted by atomic mass is 16.3. The van der Waals surface area contributed by atoms with E-state index in [4.69, 9.17) is 9.83 Å². The predicted molar refractivity (Wildman–Crippen MR) is 36.2 cm³/mol. The Hall–Kier alpha value is -1.58. The first-order chi connectivity index (χ1) is 4.92. The Labute approximate surface area is 56.4 Å². The van der Waals surface area contributed by atoms with E-state index < -0.39 is 0 Å². The number of H-pyrrole nitrogens is 1. The van der Waals surface area contributed by atoms with Gasteiger partial charge in [0.1, 0.15) is 6.26 Å². The molecule has 2 N–H and O–H groups in total. The second-order valence-electron chi connectivity index (χ2n) is 1.95. The lowest BCUT2D eigenvalue weighted by molar-refractivity contribution is 0.599. The number of hydrogen-bond acceptors (Lipinski definition) is 3. The summed E-state index contributed by atoms with van der Waals surface area (Å²) in [6, 6.07) is 0. The summed E-state index contributed by atoms with van der Waals surface area (Å²) in [6.45, 7) is 0. The number of aromatic amines is 1. The van der Waals surface area contributed by atoms with Crippen molar-refractivity contribution in [1.82, 2.24) is 10.2 Å². The Balaban J connectivity index is 2.88. The molecule has 10 heavy (non-hydrogen) atoms. The van der Waals surface area contributed by atoms with Crippen LogP contribution >= 0.6 is 0 Å². The second kappa shape index (κ2) is 1.70. The van der Waals surface area contributed by atoms with Crippen LogP contribution in [0.2, 0.25) is 0 Å². The molecule has 0 amide bonds.